The lowest BCUT2D eigenvalue weighted by molar-refractivity contribution is -0.131. The van der Waals surface area contributed by atoms with Gasteiger partial charge in [0.15, 0.2) is 9.84 Å². The van der Waals surface area contributed by atoms with Gasteiger partial charge in [-0.15, -0.1) is 0 Å². The fourth-order valence-electron chi connectivity index (χ4n) is 2.81. The minimum absolute atomic E-state index is 0.00154. The fourth-order valence-corrected chi connectivity index (χ4v) is 3.66. The van der Waals surface area contributed by atoms with E-state index < -0.39 is 20.5 Å². The lowest BCUT2D eigenvalue weighted by Crippen LogP contribution is -2.49. The third-order valence-corrected chi connectivity index (χ3v) is 6.93. The molecule has 2 aromatic rings. The number of benzene rings is 2. The van der Waals surface area contributed by atoms with Crippen molar-refractivity contribution >= 4 is 21.8 Å². The Kier molecular flexibility index (Phi) is 7.12. The highest BCUT2D eigenvalue weighted by Crippen LogP contribution is 2.25. The van der Waals surface area contributed by atoms with Crippen LogP contribution in [0.25, 0.3) is 17.2 Å². The van der Waals surface area contributed by atoms with Crippen molar-refractivity contribution in [1.82, 2.24) is 5.48 Å². The van der Waals surface area contributed by atoms with Crippen LogP contribution in [0.5, 0.6) is 0 Å². The molecule has 1 amide bonds. The van der Waals surface area contributed by atoms with Crippen LogP contribution in [0.15, 0.2) is 54.6 Å². The lowest BCUT2D eigenvalue weighted by atomic mass is 9.97. The van der Waals surface area contributed by atoms with E-state index >= 15 is 0 Å². The third kappa shape index (κ3) is 5.07. The summed E-state index contributed by atoms with van der Waals surface area (Å²) in [6, 6.07) is 15.6. The number of hydrogen-bond donors (Lipinski definition) is 3. The Balaban J connectivity index is 2.12. The maximum absolute atomic E-state index is 12.0. The van der Waals surface area contributed by atoms with Gasteiger partial charge in [0, 0.05) is 6.26 Å². The van der Waals surface area contributed by atoms with Crippen LogP contribution in [-0.2, 0) is 21.1 Å². The van der Waals surface area contributed by atoms with Gasteiger partial charge in [0.05, 0.1) is 6.61 Å². The summed E-state index contributed by atoms with van der Waals surface area (Å²) in [6.45, 7) is 1.32. The first-order valence-electron chi connectivity index (χ1n) is 8.82. The van der Waals surface area contributed by atoms with Gasteiger partial charge in [0.1, 0.15) is 4.75 Å². The van der Waals surface area contributed by atoms with Crippen molar-refractivity contribution in [2.45, 2.75) is 24.5 Å². The number of carbonyl (C=O) groups excluding carboxylic acids is 1. The molecule has 0 fully saturated rings. The van der Waals surface area contributed by atoms with Crippen LogP contribution < -0.4 is 5.48 Å². The maximum atomic E-state index is 12.0. The first-order valence-corrected chi connectivity index (χ1v) is 10.7. The molecule has 0 saturated carbocycles. The summed E-state index contributed by atoms with van der Waals surface area (Å²) in [6.07, 6.45) is 4.94. The predicted octanol–water partition coefficient (Wildman–Crippen LogP) is 2.60. The summed E-state index contributed by atoms with van der Waals surface area (Å²) < 4.78 is 22.3. The van der Waals surface area contributed by atoms with Gasteiger partial charge in [-0.2, -0.15) is 0 Å². The van der Waals surface area contributed by atoms with Gasteiger partial charge in [-0.3, -0.25) is 10.0 Å². The van der Waals surface area contributed by atoms with E-state index in [0.717, 1.165) is 28.5 Å². The fraction of sp³-hybridized carbons (Fsp3) is 0.286. The highest BCUT2D eigenvalue weighted by molar-refractivity contribution is 7.92. The van der Waals surface area contributed by atoms with E-state index in [9.17, 15) is 13.2 Å². The zero-order valence-electron chi connectivity index (χ0n) is 15.9. The summed E-state index contributed by atoms with van der Waals surface area (Å²) >= 11 is 0. The van der Waals surface area contributed by atoms with E-state index in [2.05, 4.69) is 0 Å². The van der Waals surface area contributed by atoms with E-state index in [-0.39, 0.29) is 13.0 Å². The SMILES string of the molecule is CC(CCc1ccc(-c2ccc(/C=C/CO)cc2)cc1)(C(=O)NO)S(C)(=O)=O. The van der Waals surface area contributed by atoms with Crippen molar-refractivity contribution in [3.63, 3.8) is 0 Å². The number of rotatable bonds is 8. The summed E-state index contributed by atoms with van der Waals surface area (Å²) in [5.74, 6) is -0.929. The van der Waals surface area contributed by atoms with Crippen molar-refractivity contribution < 1.29 is 23.5 Å². The summed E-state index contributed by atoms with van der Waals surface area (Å²) in [7, 11) is -3.70. The van der Waals surface area contributed by atoms with Crippen molar-refractivity contribution in [2.75, 3.05) is 12.9 Å². The zero-order valence-corrected chi connectivity index (χ0v) is 16.7. The Morgan fingerprint density at radius 3 is 2.07 bits per heavy atom. The minimum Gasteiger partial charge on any atom is -0.392 e. The average Bonchev–Trinajstić information content (AvgIpc) is 2.69. The molecule has 150 valence electrons. The molecule has 0 aromatic heterocycles. The van der Waals surface area contributed by atoms with Crippen LogP contribution in [0, 0.1) is 0 Å². The number of hydroxylamine groups is 1. The molecule has 1 unspecified atom stereocenters. The maximum Gasteiger partial charge on any atom is 0.264 e. The Hall–Kier alpha value is -2.48. The van der Waals surface area contributed by atoms with Gasteiger partial charge in [0.2, 0.25) is 0 Å². The van der Waals surface area contributed by atoms with Crippen LogP contribution >= 0.6 is 0 Å². The normalized spacial score (nSPS) is 14.0. The molecule has 0 aliphatic heterocycles. The van der Waals surface area contributed by atoms with Crippen molar-refractivity contribution in [3.05, 3.63) is 65.7 Å². The number of aliphatic hydroxyl groups excluding tert-OH is 1. The summed E-state index contributed by atoms with van der Waals surface area (Å²) in [4.78, 5) is 11.9. The van der Waals surface area contributed by atoms with E-state index in [0.29, 0.717) is 6.42 Å². The van der Waals surface area contributed by atoms with Gasteiger partial charge in [-0.05, 0) is 42.0 Å². The topological polar surface area (TPSA) is 104 Å². The molecule has 2 aromatic carbocycles. The zero-order chi connectivity index (χ0) is 20.8. The molecule has 28 heavy (non-hydrogen) atoms. The number of aliphatic hydroxyl groups is 1. The monoisotopic (exact) mass is 403 g/mol. The largest absolute Gasteiger partial charge is 0.392 e. The molecule has 0 bridgehead atoms. The molecule has 0 aliphatic carbocycles. The van der Waals surface area contributed by atoms with Crippen LogP contribution in [-0.4, -0.2) is 42.2 Å². The van der Waals surface area contributed by atoms with Crippen molar-refractivity contribution in [1.29, 1.82) is 0 Å². The van der Waals surface area contributed by atoms with Crippen LogP contribution in [0.2, 0.25) is 0 Å². The van der Waals surface area contributed by atoms with E-state index in [4.69, 9.17) is 10.3 Å². The second-order valence-electron chi connectivity index (χ2n) is 6.85. The molecule has 0 heterocycles. The lowest BCUT2D eigenvalue weighted by Gasteiger charge is -2.25. The Bertz CT molecular complexity index is 934. The average molecular weight is 404 g/mol. The first kappa shape index (κ1) is 21.8. The highest BCUT2D eigenvalue weighted by atomic mass is 32.2. The molecule has 6 nitrogen and oxygen atoms in total. The molecule has 0 radical (unpaired) electrons. The van der Waals surface area contributed by atoms with Crippen molar-refractivity contribution in [3.8, 4) is 11.1 Å². The molecule has 3 N–H and O–H groups in total. The smallest absolute Gasteiger partial charge is 0.264 e. The van der Waals surface area contributed by atoms with Crippen LogP contribution in [0.1, 0.15) is 24.5 Å². The second-order valence-corrected chi connectivity index (χ2v) is 9.29. The summed E-state index contributed by atoms with van der Waals surface area (Å²) in [5, 5.41) is 17.7. The molecule has 7 heteroatoms. The van der Waals surface area contributed by atoms with Crippen LogP contribution in [0.3, 0.4) is 0 Å². The van der Waals surface area contributed by atoms with Gasteiger partial charge >= 0.3 is 0 Å². The van der Waals surface area contributed by atoms with Gasteiger partial charge in [0.25, 0.3) is 5.91 Å². The van der Waals surface area contributed by atoms with E-state index in [1.807, 2.05) is 54.6 Å². The molecule has 0 spiro atoms. The predicted molar refractivity (Wildman–Crippen MR) is 109 cm³/mol. The molecular weight excluding hydrogens is 378 g/mol. The van der Waals surface area contributed by atoms with E-state index in [1.54, 1.807) is 6.08 Å². The number of carbonyl (C=O) groups is 1. The number of nitrogens with one attached hydrogen (secondary N) is 1. The molecule has 0 aliphatic rings. The number of amides is 1. The summed E-state index contributed by atoms with van der Waals surface area (Å²) in [5.41, 5.74) is 5.40. The Labute approximate surface area is 165 Å². The number of aryl methyl sites for hydroxylation is 1. The standard InChI is InChI=1S/C21H25NO5S/c1-21(20(24)22-25,28(2,26)27)14-13-17-7-11-19(12-8-17)18-9-5-16(6-10-18)4-3-15-23/h3-12,23,25H,13-15H2,1-2H3,(H,22,24)/b4-3+. The quantitative estimate of drug-likeness (QED) is 0.464. The molecular formula is C21H25NO5S. The second kappa shape index (κ2) is 9.14. The van der Waals surface area contributed by atoms with Crippen LogP contribution in [0.4, 0.5) is 0 Å². The molecule has 1 atom stereocenters. The Morgan fingerprint density at radius 1 is 1.07 bits per heavy atom. The highest BCUT2D eigenvalue weighted by Gasteiger charge is 2.43. The van der Waals surface area contributed by atoms with Gasteiger partial charge < -0.3 is 5.11 Å². The molecule has 2 rings (SSSR count). The van der Waals surface area contributed by atoms with Gasteiger partial charge in [-0.25, -0.2) is 13.9 Å². The number of sulfone groups is 1. The molecule has 0 saturated heterocycles. The van der Waals surface area contributed by atoms with Gasteiger partial charge in [-0.1, -0.05) is 60.7 Å². The minimum atomic E-state index is -3.70. The first-order chi connectivity index (χ1) is 13.2. The number of hydrogen-bond acceptors (Lipinski definition) is 5. The van der Waals surface area contributed by atoms with E-state index in [1.165, 1.54) is 12.4 Å². The third-order valence-electron chi connectivity index (χ3n) is 4.90. The van der Waals surface area contributed by atoms with Crippen molar-refractivity contribution in [2.24, 2.45) is 0 Å². The Morgan fingerprint density at radius 2 is 1.61 bits per heavy atom.